The Morgan fingerprint density at radius 2 is 1.91 bits per heavy atom. The lowest BCUT2D eigenvalue weighted by atomic mass is 9.91. The Morgan fingerprint density at radius 3 is 2.63 bits per heavy atom. The van der Waals surface area contributed by atoms with Gasteiger partial charge in [0.25, 0.3) is 0 Å². The van der Waals surface area contributed by atoms with E-state index in [0.29, 0.717) is 18.0 Å². The van der Waals surface area contributed by atoms with Crippen molar-refractivity contribution in [2.45, 2.75) is 70.6 Å². The minimum absolute atomic E-state index is 0.233. The van der Waals surface area contributed by atoms with Crippen molar-refractivity contribution in [2.75, 3.05) is 5.32 Å². The zero-order valence-corrected chi connectivity index (χ0v) is 23.0. The van der Waals surface area contributed by atoms with Crippen LogP contribution in [-0.2, 0) is 11.2 Å². The lowest BCUT2D eigenvalue weighted by Gasteiger charge is -2.32. The van der Waals surface area contributed by atoms with Gasteiger partial charge in [0, 0.05) is 45.0 Å². The van der Waals surface area contributed by atoms with Gasteiger partial charge in [-0.1, -0.05) is 22.0 Å². The van der Waals surface area contributed by atoms with E-state index in [2.05, 4.69) is 79.2 Å². The molecule has 0 saturated heterocycles. The lowest BCUT2D eigenvalue weighted by molar-refractivity contribution is 0.0368. The number of halogens is 1. The molecule has 0 amide bonds. The summed E-state index contributed by atoms with van der Waals surface area (Å²) in [5.74, 6) is 1.65. The van der Waals surface area contributed by atoms with E-state index in [1.807, 2.05) is 20.8 Å². The molecule has 7 heteroatoms. The standard InChI is InChI=1S/C28H33BrN4OS/c1-17(34-28(2,3)4)30-20-6-8-21(9-7-20)31-27-26-23-10-5-19(29)14-24(23)33-25(26)15-22(32-27)13-18-11-12-35-16-18/h5,10-12,14-16,20-21,30,33H,1,6-9,13H2,2-4H3,(H,31,32). The molecule has 1 aromatic carbocycles. The highest BCUT2D eigenvalue weighted by Gasteiger charge is 2.24. The van der Waals surface area contributed by atoms with Crippen molar-refractivity contribution in [3.8, 4) is 0 Å². The number of anilines is 1. The van der Waals surface area contributed by atoms with Crippen molar-refractivity contribution in [2.24, 2.45) is 0 Å². The highest BCUT2D eigenvalue weighted by molar-refractivity contribution is 9.10. The number of thiophene rings is 1. The van der Waals surface area contributed by atoms with Crippen LogP contribution in [0, 0.1) is 0 Å². The van der Waals surface area contributed by atoms with Gasteiger partial charge in [-0.3, -0.25) is 0 Å². The molecule has 5 rings (SSSR count). The maximum Gasteiger partial charge on any atom is 0.180 e. The molecule has 3 N–H and O–H groups in total. The van der Waals surface area contributed by atoms with Gasteiger partial charge in [-0.2, -0.15) is 11.3 Å². The minimum Gasteiger partial charge on any atom is -0.474 e. The van der Waals surface area contributed by atoms with E-state index in [1.165, 1.54) is 16.3 Å². The molecule has 0 radical (unpaired) electrons. The number of ether oxygens (including phenoxy) is 1. The van der Waals surface area contributed by atoms with Crippen LogP contribution in [0.1, 0.15) is 57.7 Å². The third-order valence-corrected chi connectivity index (χ3v) is 7.65. The average molecular weight is 554 g/mol. The van der Waals surface area contributed by atoms with E-state index in [0.717, 1.165) is 59.1 Å². The van der Waals surface area contributed by atoms with Gasteiger partial charge in [0.1, 0.15) is 11.4 Å². The summed E-state index contributed by atoms with van der Waals surface area (Å²) in [5.41, 5.74) is 4.40. The Labute approximate surface area is 219 Å². The van der Waals surface area contributed by atoms with Gasteiger partial charge < -0.3 is 20.4 Å². The fourth-order valence-corrected chi connectivity index (χ4v) is 5.98. The van der Waals surface area contributed by atoms with E-state index in [1.54, 1.807) is 11.3 Å². The second-order valence-electron chi connectivity index (χ2n) is 10.5. The number of pyridine rings is 1. The summed E-state index contributed by atoms with van der Waals surface area (Å²) in [6.07, 6.45) is 5.13. The van der Waals surface area contributed by atoms with Crippen LogP contribution in [0.4, 0.5) is 5.82 Å². The molecule has 184 valence electrons. The number of fused-ring (bicyclic) bond motifs is 3. The smallest absolute Gasteiger partial charge is 0.180 e. The van der Waals surface area contributed by atoms with Crippen LogP contribution in [0.25, 0.3) is 21.8 Å². The Hall–Kier alpha value is -2.51. The highest BCUT2D eigenvalue weighted by atomic mass is 79.9. The summed E-state index contributed by atoms with van der Waals surface area (Å²) in [7, 11) is 0. The molecular weight excluding hydrogens is 520 g/mol. The van der Waals surface area contributed by atoms with Crippen LogP contribution in [0.3, 0.4) is 0 Å². The van der Waals surface area contributed by atoms with Crippen LogP contribution in [0.2, 0.25) is 0 Å². The molecule has 1 fully saturated rings. The molecule has 1 saturated carbocycles. The number of nitrogens with one attached hydrogen (secondary N) is 3. The average Bonchev–Trinajstić information content (AvgIpc) is 3.40. The van der Waals surface area contributed by atoms with Gasteiger partial charge in [-0.25, -0.2) is 4.98 Å². The maximum atomic E-state index is 5.87. The van der Waals surface area contributed by atoms with Crippen molar-refractivity contribution in [3.63, 3.8) is 0 Å². The number of aromatic nitrogens is 2. The Bertz CT molecular complexity index is 1330. The van der Waals surface area contributed by atoms with Crippen LogP contribution in [0.5, 0.6) is 0 Å². The predicted molar refractivity (Wildman–Crippen MR) is 151 cm³/mol. The summed E-state index contributed by atoms with van der Waals surface area (Å²) >= 11 is 5.34. The molecular formula is C28H33BrN4OS. The van der Waals surface area contributed by atoms with Crippen molar-refractivity contribution in [1.82, 2.24) is 15.3 Å². The van der Waals surface area contributed by atoms with Crippen molar-refractivity contribution < 1.29 is 4.74 Å². The third kappa shape index (κ3) is 5.84. The van der Waals surface area contributed by atoms with Gasteiger partial charge >= 0.3 is 0 Å². The van der Waals surface area contributed by atoms with Gasteiger partial charge in [0.2, 0.25) is 0 Å². The zero-order chi connectivity index (χ0) is 24.6. The topological polar surface area (TPSA) is 62.0 Å². The SMILES string of the molecule is C=C(NC1CCC(Nc2nc(Cc3ccsc3)cc3[nH]c4cc(Br)ccc4c23)CC1)OC(C)(C)C. The minimum atomic E-state index is -0.233. The predicted octanol–water partition coefficient (Wildman–Crippen LogP) is 7.73. The Balaban J connectivity index is 1.36. The summed E-state index contributed by atoms with van der Waals surface area (Å²) < 4.78 is 6.94. The summed E-state index contributed by atoms with van der Waals surface area (Å²) in [6, 6.07) is 11.6. The van der Waals surface area contributed by atoms with Crippen LogP contribution >= 0.6 is 27.3 Å². The monoisotopic (exact) mass is 552 g/mol. The van der Waals surface area contributed by atoms with E-state index in [4.69, 9.17) is 9.72 Å². The number of aromatic amines is 1. The van der Waals surface area contributed by atoms with Gasteiger partial charge in [0.05, 0.1) is 5.52 Å². The van der Waals surface area contributed by atoms with E-state index in [9.17, 15) is 0 Å². The molecule has 1 aliphatic carbocycles. The molecule has 35 heavy (non-hydrogen) atoms. The van der Waals surface area contributed by atoms with Gasteiger partial charge in [0.15, 0.2) is 5.88 Å². The number of hydrogen-bond donors (Lipinski definition) is 3. The first-order valence-electron chi connectivity index (χ1n) is 12.3. The lowest BCUT2D eigenvalue weighted by Crippen LogP contribution is -2.38. The number of H-pyrrole nitrogens is 1. The second-order valence-corrected chi connectivity index (χ2v) is 12.2. The van der Waals surface area contributed by atoms with E-state index >= 15 is 0 Å². The van der Waals surface area contributed by atoms with Gasteiger partial charge in [-0.05, 0) is 93.6 Å². The largest absolute Gasteiger partial charge is 0.474 e. The number of benzene rings is 1. The quantitative estimate of drug-likeness (QED) is 0.205. The third-order valence-electron chi connectivity index (χ3n) is 6.42. The molecule has 0 bridgehead atoms. The molecule has 5 nitrogen and oxygen atoms in total. The molecule has 0 atom stereocenters. The summed E-state index contributed by atoms with van der Waals surface area (Å²) in [6.45, 7) is 10.2. The fourth-order valence-electron chi connectivity index (χ4n) is 4.95. The van der Waals surface area contributed by atoms with Crippen molar-refractivity contribution >= 4 is 54.9 Å². The van der Waals surface area contributed by atoms with Crippen LogP contribution in [-0.4, -0.2) is 27.7 Å². The normalized spacial score (nSPS) is 18.6. The first-order chi connectivity index (χ1) is 16.7. The molecule has 3 aromatic heterocycles. The first kappa shape index (κ1) is 24.2. The number of rotatable bonds is 7. The Kier molecular flexibility index (Phi) is 6.82. The van der Waals surface area contributed by atoms with Gasteiger partial charge in [-0.15, -0.1) is 0 Å². The highest BCUT2D eigenvalue weighted by Crippen LogP contribution is 2.34. The van der Waals surface area contributed by atoms with E-state index < -0.39 is 0 Å². The molecule has 1 aliphatic rings. The molecule has 0 aliphatic heterocycles. The van der Waals surface area contributed by atoms with Crippen LogP contribution < -0.4 is 10.6 Å². The van der Waals surface area contributed by atoms with Crippen molar-refractivity contribution in [1.29, 1.82) is 0 Å². The Morgan fingerprint density at radius 1 is 1.14 bits per heavy atom. The molecule has 4 aromatic rings. The number of hydrogen-bond acceptors (Lipinski definition) is 5. The second kappa shape index (κ2) is 9.86. The van der Waals surface area contributed by atoms with Crippen LogP contribution in [0.15, 0.2) is 58.0 Å². The zero-order valence-electron chi connectivity index (χ0n) is 20.6. The maximum absolute atomic E-state index is 5.87. The number of nitrogens with zero attached hydrogens (tertiary/aromatic N) is 1. The summed E-state index contributed by atoms with van der Waals surface area (Å²) in [4.78, 5) is 8.76. The fraction of sp³-hybridized carbons (Fsp3) is 0.393. The van der Waals surface area contributed by atoms with Crippen molar-refractivity contribution in [3.05, 3.63) is 69.3 Å². The first-order valence-corrected chi connectivity index (χ1v) is 14.0. The molecule has 0 unspecified atom stereocenters. The van der Waals surface area contributed by atoms with E-state index in [-0.39, 0.29) is 5.60 Å². The summed E-state index contributed by atoms with van der Waals surface area (Å²) in [5, 5.41) is 14.0. The molecule has 0 spiro atoms. The molecule has 3 heterocycles.